The van der Waals surface area contributed by atoms with Gasteiger partial charge in [-0.05, 0) is 18.8 Å². The van der Waals surface area contributed by atoms with Crippen LogP contribution in [0.25, 0.3) is 0 Å². The van der Waals surface area contributed by atoms with E-state index >= 15 is 0 Å². The van der Waals surface area contributed by atoms with Crippen LogP contribution >= 0.6 is 11.8 Å². The Morgan fingerprint density at radius 1 is 1.25 bits per heavy atom. The maximum atomic E-state index is 11.8. The maximum absolute atomic E-state index is 11.8. The molecule has 1 saturated heterocycles. The Morgan fingerprint density at radius 3 is 2.60 bits per heavy atom. The molecule has 0 aromatic heterocycles. The predicted molar refractivity (Wildman–Crippen MR) is 76.5 cm³/mol. The van der Waals surface area contributed by atoms with Gasteiger partial charge in [-0.2, -0.15) is 0 Å². The fourth-order valence-corrected chi connectivity index (χ4v) is 3.06. The molecule has 1 aliphatic carbocycles. The SMILES string of the molecule is O=C(CSCC(=O)N1CCOCC1)NCC1CC(O)C1. The van der Waals surface area contributed by atoms with Crippen LogP contribution in [0.1, 0.15) is 12.8 Å². The number of aliphatic hydroxyl groups is 1. The van der Waals surface area contributed by atoms with Crippen LogP contribution in [0.4, 0.5) is 0 Å². The van der Waals surface area contributed by atoms with Gasteiger partial charge in [0.1, 0.15) is 0 Å². The molecule has 7 heteroatoms. The summed E-state index contributed by atoms with van der Waals surface area (Å²) in [6.45, 7) is 3.13. The highest BCUT2D eigenvalue weighted by Crippen LogP contribution is 2.26. The van der Waals surface area contributed by atoms with E-state index in [1.54, 1.807) is 4.90 Å². The molecule has 1 heterocycles. The van der Waals surface area contributed by atoms with Crippen molar-refractivity contribution in [2.45, 2.75) is 18.9 Å². The molecule has 0 atom stereocenters. The van der Waals surface area contributed by atoms with Crippen LogP contribution < -0.4 is 5.32 Å². The van der Waals surface area contributed by atoms with Gasteiger partial charge in [-0.15, -0.1) is 11.8 Å². The van der Waals surface area contributed by atoms with Crippen LogP contribution in [-0.4, -0.2) is 72.3 Å². The number of hydrogen-bond acceptors (Lipinski definition) is 5. The molecule has 114 valence electrons. The highest BCUT2D eigenvalue weighted by molar-refractivity contribution is 8.00. The minimum atomic E-state index is -0.183. The summed E-state index contributed by atoms with van der Waals surface area (Å²) in [6.07, 6.45) is 1.38. The summed E-state index contributed by atoms with van der Waals surface area (Å²) in [5.74, 6) is 1.11. The summed E-state index contributed by atoms with van der Waals surface area (Å²) in [5, 5.41) is 12.0. The van der Waals surface area contributed by atoms with Gasteiger partial charge in [-0.3, -0.25) is 9.59 Å². The highest BCUT2D eigenvalue weighted by Gasteiger charge is 2.27. The number of carbonyl (C=O) groups is 2. The highest BCUT2D eigenvalue weighted by atomic mass is 32.2. The molecular formula is C13H22N2O4S. The summed E-state index contributed by atoms with van der Waals surface area (Å²) in [5.41, 5.74) is 0. The predicted octanol–water partition coefficient (Wildman–Crippen LogP) is -0.534. The van der Waals surface area contributed by atoms with Crippen molar-refractivity contribution in [3.63, 3.8) is 0 Å². The standard InChI is InChI=1S/C13H22N2O4S/c16-11-5-10(6-11)7-14-12(17)8-20-9-13(18)15-1-3-19-4-2-15/h10-11,16H,1-9H2,(H,14,17). The van der Waals surface area contributed by atoms with Crippen LogP contribution in [0.5, 0.6) is 0 Å². The molecule has 1 aliphatic heterocycles. The van der Waals surface area contributed by atoms with Crippen LogP contribution in [-0.2, 0) is 14.3 Å². The lowest BCUT2D eigenvalue weighted by Gasteiger charge is -2.31. The van der Waals surface area contributed by atoms with Crippen molar-refractivity contribution in [3.05, 3.63) is 0 Å². The molecule has 20 heavy (non-hydrogen) atoms. The van der Waals surface area contributed by atoms with E-state index in [-0.39, 0.29) is 17.9 Å². The lowest BCUT2D eigenvalue weighted by molar-refractivity contribution is -0.132. The van der Waals surface area contributed by atoms with Crippen LogP contribution in [0.15, 0.2) is 0 Å². The zero-order valence-electron chi connectivity index (χ0n) is 11.5. The lowest BCUT2D eigenvalue weighted by atomic mass is 9.82. The van der Waals surface area contributed by atoms with Gasteiger partial charge in [-0.25, -0.2) is 0 Å². The number of rotatable bonds is 6. The molecule has 0 aromatic rings. The minimum absolute atomic E-state index is 0.0360. The van der Waals surface area contributed by atoms with E-state index in [0.717, 1.165) is 12.8 Å². The van der Waals surface area contributed by atoms with Crippen molar-refractivity contribution in [3.8, 4) is 0 Å². The molecule has 2 amide bonds. The Hall–Kier alpha value is -0.790. The van der Waals surface area contributed by atoms with E-state index in [2.05, 4.69) is 5.32 Å². The van der Waals surface area contributed by atoms with Crippen molar-refractivity contribution in [2.75, 3.05) is 44.4 Å². The summed E-state index contributed by atoms with van der Waals surface area (Å²) >= 11 is 1.35. The molecule has 2 rings (SSSR count). The van der Waals surface area contributed by atoms with Gasteiger partial charge in [0.2, 0.25) is 11.8 Å². The summed E-state index contributed by atoms with van der Waals surface area (Å²) < 4.78 is 5.19. The zero-order chi connectivity index (χ0) is 14.4. The molecule has 0 radical (unpaired) electrons. The third-order valence-electron chi connectivity index (χ3n) is 3.62. The van der Waals surface area contributed by atoms with E-state index < -0.39 is 0 Å². The van der Waals surface area contributed by atoms with Crippen molar-refractivity contribution in [1.82, 2.24) is 10.2 Å². The molecule has 2 N–H and O–H groups in total. The topological polar surface area (TPSA) is 78.9 Å². The van der Waals surface area contributed by atoms with E-state index in [1.165, 1.54) is 11.8 Å². The van der Waals surface area contributed by atoms with Crippen LogP contribution in [0.3, 0.4) is 0 Å². The monoisotopic (exact) mass is 302 g/mol. The Bertz CT molecular complexity index is 341. The molecule has 0 bridgehead atoms. The number of amides is 2. The number of aliphatic hydroxyl groups excluding tert-OH is 1. The molecule has 0 spiro atoms. The minimum Gasteiger partial charge on any atom is -0.393 e. The number of morpholine rings is 1. The third kappa shape index (κ3) is 4.96. The van der Waals surface area contributed by atoms with Crippen LogP contribution in [0, 0.1) is 5.92 Å². The Morgan fingerprint density at radius 2 is 1.95 bits per heavy atom. The van der Waals surface area contributed by atoms with Crippen molar-refractivity contribution < 1.29 is 19.4 Å². The van der Waals surface area contributed by atoms with Gasteiger partial charge >= 0.3 is 0 Å². The first kappa shape index (κ1) is 15.6. The van der Waals surface area contributed by atoms with Crippen LogP contribution in [0.2, 0.25) is 0 Å². The number of hydrogen-bond donors (Lipinski definition) is 2. The smallest absolute Gasteiger partial charge is 0.232 e. The van der Waals surface area contributed by atoms with Crippen molar-refractivity contribution in [1.29, 1.82) is 0 Å². The summed E-state index contributed by atoms with van der Waals surface area (Å²) in [4.78, 5) is 25.2. The zero-order valence-corrected chi connectivity index (χ0v) is 12.4. The number of thioether (sulfide) groups is 1. The second kappa shape index (κ2) is 7.85. The van der Waals surface area contributed by atoms with Crippen molar-refractivity contribution in [2.24, 2.45) is 5.92 Å². The Balaban J connectivity index is 1.51. The first-order valence-corrected chi connectivity index (χ1v) is 8.18. The van der Waals surface area contributed by atoms with E-state index in [1.807, 2.05) is 0 Å². The maximum Gasteiger partial charge on any atom is 0.232 e. The normalized spacial score (nSPS) is 25.9. The summed E-state index contributed by atoms with van der Waals surface area (Å²) in [6, 6.07) is 0. The van der Waals surface area contributed by atoms with E-state index in [4.69, 9.17) is 9.84 Å². The number of carbonyl (C=O) groups excluding carboxylic acids is 2. The Labute approximate surface area is 123 Å². The average Bonchev–Trinajstić information content (AvgIpc) is 2.43. The van der Waals surface area contributed by atoms with Gasteiger partial charge in [0.15, 0.2) is 0 Å². The van der Waals surface area contributed by atoms with Gasteiger partial charge in [-0.1, -0.05) is 0 Å². The molecule has 6 nitrogen and oxygen atoms in total. The lowest BCUT2D eigenvalue weighted by Crippen LogP contribution is -2.42. The second-order valence-corrected chi connectivity index (χ2v) is 6.27. The molecule has 2 fully saturated rings. The summed E-state index contributed by atoms with van der Waals surface area (Å²) in [7, 11) is 0. The Kier molecular flexibility index (Phi) is 6.12. The molecule has 2 aliphatic rings. The number of nitrogens with zero attached hydrogens (tertiary/aromatic N) is 1. The average molecular weight is 302 g/mol. The fraction of sp³-hybridized carbons (Fsp3) is 0.846. The van der Waals surface area contributed by atoms with Gasteiger partial charge in [0.25, 0.3) is 0 Å². The van der Waals surface area contributed by atoms with Gasteiger partial charge < -0.3 is 20.1 Å². The molecule has 0 unspecified atom stereocenters. The number of ether oxygens (including phenoxy) is 1. The van der Waals surface area contributed by atoms with Gasteiger partial charge in [0.05, 0.1) is 30.8 Å². The second-order valence-electron chi connectivity index (χ2n) is 5.28. The fourth-order valence-electron chi connectivity index (χ4n) is 2.31. The van der Waals surface area contributed by atoms with E-state index in [0.29, 0.717) is 50.3 Å². The largest absolute Gasteiger partial charge is 0.393 e. The third-order valence-corrected chi connectivity index (χ3v) is 4.54. The number of nitrogens with one attached hydrogen (secondary N) is 1. The first-order valence-electron chi connectivity index (χ1n) is 7.03. The van der Waals surface area contributed by atoms with Crippen molar-refractivity contribution >= 4 is 23.6 Å². The molecular weight excluding hydrogens is 280 g/mol. The van der Waals surface area contributed by atoms with Gasteiger partial charge in [0, 0.05) is 19.6 Å². The quantitative estimate of drug-likeness (QED) is 0.689. The first-order chi connectivity index (χ1) is 9.65. The molecule has 1 saturated carbocycles. The molecule has 0 aromatic carbocycles. The van der Waals surface area contributed by atoms with E-state index in [9.17, 15) is 9.59 Å².